The van der Waals surface area contributed by atoms with Gasteiger partial charge in [-0.25, -0.2) is 0 Å². The SMILES string of the molecule is CC1CC(c2ccc(N)cc2)CCC1c1ccc(N)cc1. The van der Waals surface area contributed by atoms with E-state index in [1.165, 1.54) is 30.4 Å². The normalized spacial score (nSPS) is 25.7. The summed E-state index contributed by atoms with van der Waals surface area (Å²) >= 11 is 0. The van der Waals surface area contributed by atoms with Gasteiger partial charge in [0.25, 0.3) is 0 Å². The summed E-state index contributed by atoms with van der Waals surface area (Å²) in [4.78, 5) is 0. The topological polar surface area (TPSA) is 52.0 Å². The first kappa shape index (κ1) is 14.0. The zero-order chi connectivity index (χ0) is 14.8. The maximum Gasteiger partial charge on any atom is 0.0314 e. The van der Waals surface area contributed by atoms with Crippen LogP contribution in [-0.2, 0) is 0 Å². The molecule has 3 unspecified atom stereocenters. The standard InChI is InChI=1S/C19H24N2/c1-13-12-16(14-2-7-17(20)8-3-14)6-11-19(13)15-4-9-18(21)10-5-15/h2-5,7-10,13,16,19H,6,11-12,20-21H2,1H3. The average Bonchev–Trinajstić information content (AvgIpc) is 2.49. The van der Waals surface area contributed by atoms with Crippen LogP contribution in [0.3, 0.4) is 0 Å². The van der Waals surface area contributed by atoms with Gasteiger partial charge in [-0.1, -0.05) is 31.2 Å². The van der Waals surface area contributed by atoms with Gasteiger partial charge in [0.15, 0.2) is 0 Å². The van der Waals surface area contributed by atoms with Crippen molar-refractivity contribution in [2.75, 3.05) is 11.5 Å². The first-order valence-electron chi connectivity index (χ1n) is 7.84. The lowest BCUT2D eigenvalue weighted by Gasteiger charge is -2.35. The van der Waals surface area contributed by atoms with Gasteiger partial charge in [0, 0.05) is 11.4 Å². The van der Waals surface area contributed by atoms with E-state index in [0.29, 0.717) is 17.8 Å². The monoisotopic (exact) mass is 280 g/mol. The van der Waals surface area contributed by atoms with Crippen LogP contribution in [0.25, 0.3) is 0 Å². The van der Waals surface area contributed by atoms with E-state index in [1.54, 1.807) is 0 Å². The Morgan fingerprint density at radius 2 is 1.29 bits per heavy atom. The Morgan fingerprint density at radius 1 is 0.762 bits per heavy atom. The molecule has 4 N–H and O–H groups in total. The molecule has 2 aromatic carbocycles. The maximum absolute atomic E-state index is 5.79. The summed E-state index contributed by atoms with van der Waals surface area (Å²) in [6.07, 6.45) is 3.75. The van der Waals surface area contributed by atoms with Crippen LogP contribution >= 0.6 is 0 Å². The van der Waals surface area contributed by atoms with Crippen LogP contribution in [-0.4, -0.2) is 0 Å². The second-order valence-electron chi connectivity index (χ2n) is 6.43. The van der Waals surface area contributed by atoms with E-state index in [2.05, 4.69) is 31.2 Å². The molecule has 0 radical (unpaired) electrons. The Labute approximate surface area is 127 Å². The molecule has 110 valence electrons. The second kappa shape index (κ2) is 5.80. The predicted octanol–water partition coefficient (Wildman–Crippen LogP) is 4.54. The summed E-state index contributed by atoms with van der Waals surface area (Å²) in [5.41, 5.74) is 16.1. The fourth-order valence-corrected chi connectivity index (χ4v) is 3.71. The molecule has 1 aliphatic carbocycles. The van der Waals surface area contributed by atoms with Gasteiger partial charge < -0.3 is 11.5 Å². The van der Waals surface area contributed by atoms with Crippen LogP contribution in [0.15, 0.2) is 48.5 Å². The predicted molar refractivity (Wildman–Crippen MR) is 90.2 cm³/mol. The van der Waals surface area contributed by atoms with Crippen molar-refractivity contribution in [3.8, 4) is 0 Å². The van der Waals surface area contributed by atoms with E-state index in [9.17, 15) is 0 Å². The van der Waals surface area contributed by atoms with E-state index in [0.717, 1.165) is 11.4 Å². The molecule has 1 aliphatic rings. The van der Waals surface area contributed by atoms with Crippen LogP contribution in [0.5, 0.6) is 0 Å². The molecular weight excluding hydrogens is 256 g/mol. The Kier molecular flexibility index (Phi) is 3.87. The van der Waals surface area contributed by atoms with E-state index in [4.69, 9.17) is 11.5 Å². The Bertz CT molecular complexity index is 586. The van der Waals surface area contributed by atoms with Gasteiger partial charge in [0.1, 0.15) is 0 Å². The fourth-order valence-electron chi connectivity index (χ4n) is 3.71. The minimum absolute atomic E-state index is 0.663. The summed E-state index contributed by atoms with van der Waals surface area (Å²) in [5.74, 6) is 2.03. The number of rotatable bonds is 2. The lowest BCUT2D eigenvalue weighted by atomic mass is 9.70. The number of nitrogens with two attached hydrogens (primary N) is 2. The molecule has 3 atom stereocenters. The van der Waals surface area contributed by atoms with Gasteiger partial charge in [0.2, 0.25) is 0 Å². The number of hydrogen-bond donors (Lipinski definition) is 2. The minimum Gasteiger partial charge on any atom is -0.399 e. The molecule has 0 bridgehead atoms. The summed E-state index contributed by atoms with van der Waals surface area (Å²) in [7, 11) is 0. The Morgan fingerprint density at radius 3 is 1.81 bits per heavy atom. The van der Waals surface area contributed by atoms with Crippen LogP contribution in [0.4, 0.5) is 11.4 Å². The first-order chi connectivity index (χ1) is 10.1. The summed E-state index contributed by atoms with van der Waals surface area (Å²) in [6, 6.07) is 16.9. The van der Waals surface area contributed by atoms with Crippen molar-refractivity contribution in [3.63, 3.8) is 0 Å². The minimum atomic E-state index is 0.663. The van der Waals surface area contributed by atoms with Gasteiger partial charge in [-0.15, -0.1) is 0 Å². The van der Waals surface area contributed by atoms with E-state index in [1.807, 2.05) is 24.3 Å². The van der Waals surface area contributed by atoms with Crippen molar-refractivity contribution in [1.82, 2.24) is 0 Å². The van der Waals surface area contributed by atoms with E-state index < -0.39 is 0 Å². The quantitative estimate of drug-likeness (QED) is 0.794. The molecule has 0 spiro atoms. The Balaban J connectivity index is 1.72. The second-order valence-corrected chi connectivity index (χ2v) is 6.43. The maximum atomic E-state index is 5.79. The van der Waals surface area contributed by atoms with Gasteiger partial charge in [-0.3, -0.25) is 0 Å². The summed E-state index contributed by atoms with van der Waals surface area (Å²) in [6.45, 7) is 2.38. The number of nitrogen functional groups attached to an aromatic ring is 2. The molecule has 0 saturated heterocycles. The third kappa shape index (κ3) is 3.05. The largest absolute Gasteiger partial charge is 0.399 e. The van der Waals surface area contributed by atoms with E-state index in [-0.39, 0.29) is 0 Å². The number of benzene rings is 2. The van der Waals surface area contributed by atoms with Gasteiger partial charge in [-0.2, -0.15) is 0 Å². The average molecular weight is 280 g/mol. The molecule has 1 fully saturated rings. The molecule has 0 aromatic heterocycles. The van der Waals surface area contributed by atoms with Crippen LogP contribution in [0.1, 0.15) is 49.1 Å². The highest BCUT2D eigenvalue weighted by atomic mass is 14.5. The van der Waals surface area contributed by atoms with Crippen LogP contribution in [0, 0.1) is 5.92 Å². The Hall–Kier alpha value is -1.96. The van der Waals surface area contributed by atoms with Crippen molar-refractivity contribution in [3.05, 3.63) is 59.7 Å². The molecule has 0 heterocycles. The molecule has 21 heavy (non-hydrogen) atoms. The highest BCUT2D eigenvalue weighted by molar-refractivity contribution is 5.42. The summed E-state index contributed by atoms with van der Waals surface area (Å²) < 4.78 is 0. The summed E-state index contributed by atoms with van der Waals surface area (Å²) in [5, 5.41) is 0. The van der Waals surface area contributed by atoms with Crippen molar-refractivity contribution >= 4 is 11.4 Å². The molecule has 0 amide bonds. The molecule has 0 aliphatic heterocycles. The van der Waals surface area contributed by atoms with Gasteiger partial charge in [0.05, 0.1) is 0 Å². The van der Waals surface area contributed by atoms with Crippen molar-refractivity contribution < 1.29 is 0 Å². The van der Waals surface area contributed by atoms with E-state index >= 15 is 0 Å². The zero-order valence-electron chi connectivity index (χ0n) is 12.6. The fraction of sp³-hybridized carbons (Fsp3) is 0.368. The van der Waals surface area contributed by atoms with Gasteiger partial charge in [-0.05, 0) is 72.4 Å². The zero-order valence-corrected chi connectivity index (χ0v) is 12.6. The molecule has 2 aromatic rings. The third-order valence-corrected chi connectivity index (χ3v) is 4.94. The molecule has 3 rings (SSSR count). The number of anilines is 2. The van der Waals surface area contributed by atoms with Crippen LogP contribution < -0.4 is 11.5 Å². The lowest BCUT2D eigenvalue weighted by Crippen LogP contribution is -2.20. The lowest BCUT2D eigenvalue weighted by molar-refractivity contribution is 0.297. The van der Waals surface area contributed by atoms with Crippen LogP contribution in [0.2, 0.25) is 0 Å². The first-order valence-corrected chi connectivity index (χ1v) is 7.84. The molecular formula is C19H24N2. The third-order valence-electron chi connectivity index (χ3n) is 4.94. The highest BCUT2D eigenvalue weighted by Gasteiger charge is 2.29. The van der Waals surface area contributed by atoms with Gasteiger partial charge >= 0.3 is 0 Å². The molecule has 2 nitrogen and oxygen atoms in total. The van der Waals surface area contributed by atoms with Crippen molar-refractivity contribution in [2.45, 2.75) is 38.0 Å². The highest BCUT2D eigenvalue weighted by Crippen LogP contribution is 2.44. The van der Waals surface area contributed by atoms with Crippen molar-refractivity contribution in [1.29, 1.82) is 0 Å². The number of hydrogen-bond acceptors (Lipinski definition) is 2. The smallest absolute Gasteiger partial charge is 0.0314 e. The molecule has 1 saturated carbocycles. The van der Waals surface area contributed by atoms with Crippen molar-refractivity contribution in [2.24, 2.45) is 5.92 Å². The molecule has 2 heteroatoms.